The molecule has 0 radical (unpaired) electrons. The lowest BCUT2D eigenvalue weighted by atomic mass is 10.1. The minimum absolute atomic E-state index is 0.152. The molecular formula is C14H14N4O3. The van der Waals surface area contributed by atoms with E-state index in [1.54, 1.807) is 40.2 Å². The third-order valence-electron chi connectivity index (χ3n) is 3.60. The Hall–Kier alpha value is -2.70. The average molecular weight is 286 g/mol. The number of nitrogens with zero attached hydrogens (tertiary/aromatic N) is 4. The van der Waals surface area contributed by atoms with Gasteiger partial charge in [0, 0.05) is 18.7 Å². The summed E-state index contributed by atoms with van der Waals surface area (Å²) in [6.45, 7) is 0.741. The van der Waals surface area contributed by atoms with E-state index in [2.05, 4.69) is 10.3 Å². The summed E-state index contributed by atoms with van der Waals surface area (Å²) in [5.41, 5.74) is 1.27. The highest BCUT2D eigenvalue weighted by Crippen LogP contribution is 2.20. The van der Waals surface area contributed by atoms with Gasteiger partial charge < -0.3 is 10.0 Å². The number of benzene rings is 1. The fourth-order valence-electron chi connectivity index (χ4n) is 2.46. The van der Waals surface area contributed by atoms with Gasteiger partial charge in [0.2, 0.25) is 0 Å². The molecule has 1 aromatic carbocycles. The van der Waals surface area contributed by atoms with Gasteiger partial charge in [-0.1, -0.05) is 11.3 Å². The maximum absolute atomic E-state index is 12.4. The molecule has 2 heterocycles. The van der Waals surface area contributed by atoms with E-state index < -0.39 is 11.9 Å². The maximum atomic E-state index is 12.4. The lowest BCUT2D eigenvalue weighted by Crippen LogP contribution is -2.30. The summed E-state index contributed by atoms with van der Waals surface area (Å²) in [5.74, 6) is -1.46. The van der Waals surface area contributed by atoms with E-state index >= 15 is 0 Å². The van der Waals surface area contributed by atoms with E-state index in [-0.39, 0.29) is 12.5 Å². The molecule has 2 aromatic rings. The quantitative estimate of drug-likeness (QED) is 0.902. The Morgan fingerprint density at radius 3 is 2.86 bits per heavy atom. The lowest BCUT2D eigenvalue weighted by Gasteiger charge is -2.16. The van der Waals surface area contributed by atoms with Crippen LogP contribution < -0.4 is 0 Å². The predicted molar refractivity (Wildman–Crippen MR) is 73.0 cm³/mol. The second kappa shape index (κ2) is 5.35. The second-order valence-electron chi connectivity index (χ2n) is 4.97. The van der Waals surface area contributed by atoms with Gasteiger partial charge in [-0.3, -0.25) is 9.59 Å². The van der Waals surface area contributed by atoms with Crippen molar-refractivity contribution in [3.05, 3.63) is 42.2 Å². The molecule has 108 valence electrons. The third kappa shape index (κ3) is 2.62. The smallest absolute Gasteiger partial charge is 0.308 e. The second-order valence-corrected chi connectivity index (χ2v) is 4.97. The number of aromatic nitrogens is 3. The lowest BCUT2D eigenvalue weighted by molar-refractivity contribution is -0.141. The molecule has 1 aromatic heterocycles. The molecule has 1 amide bonds. The van der Waals surface area contributed by atoms with E-state index in [1.165, 1.54) is 0 Å². The number of amides is 1. The fraction of sp³-hybridized carbons (Fsp3) is 0.286. The standard InChI is InChI=1S/C14H14N4O3/c19-13(17-6-4-11(9-17)14(20)21)10-2-1-3-12(8-10)18-7-5-15-16-18/h1-3,5,7-8,11H,4,6,9H2,(H,20,21). The van der Waals surface area contributed by atoms with Crippen molar-refractivity contribution >= 4 is 11.9 Å². The highest BCUT2D eigenvalue weighted by molar-refractivity contribution is 5.95. The van der Waals surface area contributed by atoms with Gasteiger partial charge in [-0.15, -0.1) is 5.10 Å². The van der Waals surface area contributed by atoms with Crippen LogP contribution >= 0.6 is 0 Å². The Morgan fingerprint density at radius 2 is 2.19 bits per heavy atom. The molecule has 0 saturated carbocycles. The molecule has 0 spiro atoms. The van der Waals surface area contributed by atoms with Crippen LogP contribution in [0.5, 0.6) is 0 Å². The van der Waals surface area contributed by atoms with E-state index in [1.807, 2.05) is 6.07 Å². The van der Waals surface area contributed by atoms with Crippen LogP contribution in [-0.4, -0.2) is 50.0 Å². The highest BCUT2D eigenvalue weighted by Gasteiger charge is 2.31. The summed E-state index contributed by atoms with van der Waals surface area (Å²) in [5, 5.41) is 16.6. The van der Waals surface area contributed by atoms with Crippen molar-refractivity contribution in [2.75, 3.05) is 13.1 Å². The zero-order valence-electron chi connectivity index (χ0n) is 11.2. The Balaban J connectivity index is 1.80. The van der Waals surface area contributed by atoms with Crippen LogP contribution in [0.3, 0.4) is 0 Å². The number of hydrogen-bond acceptors (Lipinski definition) is 4. The van der Waals surface area contributed by atoms with Gasteiger partial charge >= 0.3 is 5.97 Å². The van der Waals surface area contributed by atoms with Crippen LogP contribution in [0.1, 0.15) is 16.8 Å². The Kier molecular flexibility index (Phi) is 3.39. The number of aliphatic carboxylic acids is 1. The van der Waals surface area contributed by atoms with E-state index in [0.29, 0.717) is 18.5 Å². The number of carboxylic acids is 1. The Labute approximate surface area is 120 Å². The van der Waals surface area contributed by atoms with Gasteiger partial charge in [0.05, 0.1) is 24.0 Å². The van der Waals surface area contributed by atoms with Crippen LogP contribution in [-0.2, 0) is 4.79 Å². The largest absolute Gasteiger partial charge is 0.481 e. The van der Waals surface area contributed by atoms with Gasteiger partial charge in [-0.25, -0.2) is 4.68 Å². The Morgan fingerprint density at radius 1 is 1.33 bits per heavy atom. The minimum atomic E-state index is -0.846. The summed E-state index contributed by atoms with van der Waals surface area (Å²) in [6.07, 6.45) is 3.76. The van der Waals surface area contributed by atoms with Gasteiger partial charge in [0.1, 0.15) is 0 Å². The molecule has 1 atom stereocenters. The first-order valence-electron chi connectivity index (χ1n) is 6.64. The molecule has 1 aliphatic rings. The van der Waals surface area contributed by atoms with Gasteiger partial charge in [0.15, 0.2) is 0 Å². The molecule has 0 aliphatic carbocycles. The Bertz CT molecular complexity index is 669. The first-order chi connectivity index (χ1) is 10.1. The van der Waals surface area contributed by atoms with Crippen molar-refractivity contribution in [3.8, 4) is 5.69 Å². The molecule has 1 aliphatic heterocycles. The number of hydrogen-bond donors (Lipinski definition) is 1. The molecule has 21 heavy (non-hydrogen) atoms. The van der Waals surface area contributed by atoms with Crippen molar-refractivity contribution in [2.24, 2.45) is 5.92 Å². The van der Waals surface area contributed by atoms with Gasteiger partial charge in [-0.2, -0.15) is 0 Å². The van der Waals surface area contributed by atoms with Crippen molar-refractivity contribution in [1.82, 2.24) is 19.9 Å². The molecule has 1 saturated heterocycles. The zero-order valence-corrected chi connectivity index (χ0v) is 11.2. The first-order valence-corrected chi connectivity index (χ1v) is 6.64. The molecule has 7 heteroatoms. The molecule has 3 rings (SSSR count). The number of likely N-dealkylation sites (tertiary alicyclic amines) is 1. The van der Waals surface area contributed by atoms with Crippen LogP contribution in [0, 0.1) is 5.92 Å². The molecule has 1 fully saturated rings. The number of carboxylic acid groups (broad SMARTS) is 1. The van der Waals surface area contributed by atoms with E-state index in [9.17, 15) is 9.59 Å². The van der Waals surface area contributed by atoms with Crippen molar-refractivity contribution in [3.63, 3.8) is 0 Å². The maximum Gasteiger partial charge on any atom is 0.308 e. The molecule has 0 bridgehead atoms. The SMILES string of the molecule is O=C(O)C1CCN(C(=O)c2cccc(-n3ccnn3)c2)C1. The molecule has 1 N–H and O–H groups in total. The summed E-state index contributed by atoms with van der Waals surface area (Å²) < 4.78 is 1.57. The summed E-state index contributed by atoms with van der Waals surface area (Å²) in [6, 6.07) is 7.05. The topological polar surface area (TPSA) is 88.3 Å². The van der Waals surface area contributed by atoms with E-state index in [4.69, 9.17) is 5.11 Å². The first kappa shape index (κ1) is 13.3. The van der Waals surface area contributed by atoms with Gasteiger partial charge in [-0.05, 0) is 24.6 Å². The van der Waals surface area contributed by atoms with Crippen LogP contribution in [0.2, 0.25) is 0 Å². The monoisotopic (exact) mass is 286 g/mol. The number of carbonyl (C=O) groups is 2. The average Bonchev–Trinajstić information content (AvgIpc) is 3.18. The summed E-state index contributed by atoms with van der Waals surface area (Å²) >= 11 is 0. The zero-order chi connectivity index (χ0) is 14.8. The number of carbonyl (C=O) groups excluding carboxylic acids is 1. The minimum Gasteiger partial charge on any atom is -0.481 e. The molecular weight excluding hydrogens is 272 g/mol. The highest BCUT2D eigenvalue weighted by atomic mass is 16.4. The van der Waals surface area contributed by atoms with Gasteiger partial charge in [0.25, 0.3) is 5.91 Å². The fourth-order valence-corrected chi connectivity index (χ4v) is 2.46. The van der Waals surface area contributed by atoms with Crippen molar-refractivity contribution in [1.29, 1.82) is 0 Å². The summed E-state index contributed by atoms with van der Waals surface area (Å²) in [4.78, 5) is 25.0. The van der Waals surface area contributed by atoms with Crippen LogP contribution in [0.15, 0.2) is 36.7 Å². The molecule has 1 unspecified atom stereocenters. The molecule has 7 nitrogen and oxygen atoms in total. The summed E-state index contributed by atoms with van der Waals surface area (Å²) in [7, 11) is 0. The predicted octanol–water partition coefficient (Wildman–Crippen LogP) is 0.814. The van der Waals surface area contributed by atoms with Crippen LogP contribution in [0.25, 0.3) is 5.69 Å². The normalized spacial score (nSPS) is 17.9. The van der Waals surface area contributed by atoms with Crippen molar-refractivity contribution in [2.45, 2.75) is 6.42 Å². The third-order valence-corrected chi connectivity index (χ3v) is 3.60. The van der Waals surface area contributed by atoms with E-state index in [0.717, 1.165) is 5.69 Å². The van der Waals surface area contributed by atoms with Crippen molar-refractivity contribution < 1.29 is 14.7 Å². The van der Waals surface area contributed by atoms with Crippen LogP contribution in [0.4, 0.5) is 0 Å². The number of rotatable bonds is 3.